The number of rotatable bonds is 6. The number of hydrogen-bond donors (Lipinski definition) is 7. The van der Waals surface area contributed by atoms with Crippen LogP contribution in [0.5, 0.6) is 23.0 Å². The highest BCUT2D eigenvalue weighted by atomic mass is 32.3. The summed E-state index contributed by atoms with van der Waals surface area (Å²) in [6.07, 6.45) is -9.71. The van der Waals surface area contributed by atoms with Gasteiger partial charge in [-0.3, -0.25) is 9.35 Å². The second-order valence-corrected chi connectivity index (χ2v) is 8.84. The fourth-order valence-corrected chi connectivity index (χ4v) is 4.21. The minimum Gasteiger partial charge on any atom is -0.508 e. The molecule has 0 unspecified atom stereocenters. The van der Waals surface area contributed by atoms with Crippen molar-refractivity contribution in [2.45, 2.75) is 30.7 Å². The lowest BCUT2D eigenvalue weighted by Crippen LogP contribution is -2.61. The number of benzene rings is 2. The number of hydrogen-bond acceptors (Lipinski definition) is 13. The van der Waals surface area contributed by atoms with Gasteiger partial charge in [0.1, 0.15) is 52.6 Å². The van der Waals surface area contributed by atoms with Crippen LogP contribution in [-0.2, 0) is 19.3 Å². The Morgan fingerprint density at radius 1 is 0.972 bits per heavy atom. The standard InChI is InChI=1S/C21H20O14S/c22-7-13-15(26)19(35-36(29,30)31)17(28)21(33-13)34-20-16(27)14-11(25)5-10(24)6-12(14)32-18(20)8-1-3-9(23)4-2-8/h1-6,13,15,17,19,21-26,28H,7H2,(H,29,30,31)/t13-,15-,17-,19+,21+/m1/s1. The van der Waals surface area contributed by atoms with Crippen molar-refractivity contribution in [3.63, 3.8) is 0 Å². The summed E-state index contributed by atoms with van der Waals surface area (Å²) in [6, 6.07) is 7.08. The van der Waals surface area contributed by atoms with Crippen molar-refractivity contribution < 1.29 is 61.7 Å². The summed E-state index contributed by atoms with van der Waals surface area (Å²) in [5.41, 5.74) is -1.11. The van der Waals surface area contributed by atoms with Crippen LogP contribution in [0, 0.1) is 0 Å². The zero-order valence-electron chi connectivity index (χ0n) is 18.0. The summed E-state index contributed by atoms with van der Waals surface area (Å²) in [7, 11) is -5.19. The SMILES string of the molecule is O=c1c(O[C@@H]2O[C@H](CO)[C@@H](O)[C@H](OS(=O)(=O)O)[C@H]2O)c(-c2ccc(O)cc2)oc2cc(O)cc(O)c12. The third kappa shape index (κ3) is 4.93. The summed E-state index contributed by atoms with van der Waals surface area (Å²) in [5, 5.41) is 59.5. The van der Waals surface area contributed by atoms with Crippen LogP contribution in [0.15, 0.2) is 45.6 Å². The Morgan fingerprint density at radius 3 is 2.25 bits per heavy atom. The summed E-state index contributed by atoms with van der Waals surface area (Å²) in [6.45, 7) is -0.906. The van der Waals surface area contributed by atoms with Crippen molar-refractivity contribution >= 4 is 21.4 Å². The lowest BCUT2D eigenvalue weighted by atomic mass is 9.99. The van der Waals surface area contributed by atoms with Crippen LogP contribution in [0.4, 0.5) is 0 Å². The van der Waals surface area contributed by atoms with Crippen molar-refractivity contribution in [3.05, 3.63) is 46.6 Å². The van der Waals surface area contributed by atoms with E-state index in [1.807, 2.05) is 0 Å². The molecule has 0 amide bonds. The minimum absolute atomic E-state index is 0.129. The van der Waals surface area contributed by atoms with Gasteiger partial charge in [-0.25, -0.2) is 4.18 Å². The Morgan fingerprint density at radius 2 is 1.64 bits per heavy atom. The fourth-order valence-electron chi connectivity index (χ4n) is 3.70. The van der Waals surface area contributed by atoms with Crippen LogP contribution < -0.4 is 10.2 Å². The molecule has 194 valence electrons. The fraction of sp³-hybridized carbons (Fsp3) is 0.286. The van der Waals surface area contributed by atoms with Crippen LogP contribution in [0.3, 0.4) is 0 Å². The van der Waals surface area contributed by atoms with E-state index in [2.05, 4.69) is 4.18 Å². The molecule has 3 aromatic rings. The van der Waals surface area contributed by atoms with E-state index in [0.29, 0.717) is 0 Å². The normalized spacial score (nSPS) is 24.6. The first-order valence-corrected chi connectivity index (χ1v) is 11.5. The molecule has 0 radical (unpaired) electrons. The van der Waals surface area contributed by atoms with Crippen molar-refractivity contribution in [2.75, 3.05) is 6.61 Å². The van der Waals surface area contributed by atoms with Crippen LogP contribution in [0.25, 0.3) is 22.3 Å². The summed E-state index contributed by atoms with van der Waals surface area (Å²) < 4.78 is 52.3. The maximum absolute atomic E-state index is 13.3. The Bertz CT molecular complexity index is 1430. The third-order valence-corrected chi connectivity index (χ3v) is 5.80. The van der Waals surface area contributed by atoms with Gasteiger partial charge in [0, 0.05) is 17.7 Å². The molecular weight excluding hydrogens is 508 g/mol. The number of phenols is 3. The molecule has 1 aliphatic heterocycles. The molecule has 36 heavy (non-hydrogen) atoms. The predicted molar refractivity (Wildman–Crippen MR) is 118 cm³/mol. The molecule has 0 spiro atoms. The highest BCUT2D eigenvalue weighted by Gasteiger charge is 2.49. The van der Waals surface area contributed by atoms with Gasteiger partial charge < -0.3 is 44.5 Å². The number of ether oxygens (including phenoxy) is 2. The van der Waals surface area contributed by atoms with Gasteiger partial charge in [-0.1, -0.05) is 0 Å². The van der Waals surface area contributed by atoms with Gasteiger partial charge >= 0.3 is 10.4 Å². The van der Waals surface area contributed by atoms with Gasteiger partial charge in [-0.2, -0.15) is 8.42 Å². The molecule has 15 heteroatoms. The van der Waals surface area contributed by atoms with Crippen LogP contribution in [-0.4, -0.2) is 80.9 Å². The molecule has 1 aromatic heterocycles. The van der Waals surface area contributed by atoms with E-state index < -0.39 is 75.8 Å². The van der Waals surface area contributed by atoms with Crippen LogP contribution in [0.2, 0.25) is 0 Å². The second-order valence-electron chi connectivity index (χ2n) is 7.79. The van der Waals surface area contributed by atoms with Crippen molar-refractivity contribution in [3.8, 4) is 34.3 Å². The lowest BCUT2D eigenvalue weighted by Gasteiger charge is -2.40. The molecule has 14 nitrogen and oxygen atoms in total. The van der Waals surface area contributed by atoms with Crippen molar-refractivity contribution in [1.29, 1.82) is 0 Å². The predicted octanol–water partition coefficient (Wildman–Crippen LogP) is -0.417. The van der Waals surface area contributed by atoms with Crippen LogP contribution >= 0.6 is 0 Å². The van der Waals surface area contributed by atoms with Crippen molar-refractivity contribution in [1.82, 2.24) is 0 Å². The first kappa shape index (κ1) is 25.6. The number of aliphatic hydroxyl groups is 3. The van der Waals surface area contributed by atoms with Crippen molar-refractivity contribution in [2.24, 2.45) is 0 Å². The minimum atomic E-state index is -5.19. The Balaban J connectivity index is 1.86. The highest BCUT2D eigenvalue weighted by Crippen LogP contribution is 2.37. The van der Waals surface area contributed by atoms with Gasteiger partial charge in [0.15, 0.2) is 5.76 Å². The molecule has 1 aliphatic rings. The van der Waals surface area contributed by atoms with Gasteiger partial charge in [0.05, 0.1) is 6.61 Å². The summed E-state index contributed by atoms with van der Waals surface area (Å²) in [4.78, 5) is 13.3. The average molecular weight is 528 g/mol. The van der Waals surface area contributed by atoms with E-state index >= 15 is 0 Å². The number of aliphatic hydroxyl groups excluding tert-OH is 3. The molecule has 1 fully saturated rings. The van der Waals surface area contributed by atoms with Gasteiger partial charge in [-0.05, 0) is 24.3 Å². The number of phenolic OH excluding ortho intramolecular Hbond substituents is 3. The Kier molecular flexibility index (Phi) is 6.80. The molecular formula is C21H20O14S. The Hall–Kier alpha value is -3.44. The number of fused-ring (bicyclic) bond motifs is 1. The lowest BCUT2D eigenvalue weighted by molar-refractivity contribution is -0.272. The second kappa shape index (κ2) is 9.55. The summed E-state index contributed by atoms with van der Waals surface area (Å²) in [5.74, 6) is -2.22. The first-order chi connectivity index (χ1) is 16.9. The van der Waals surface area contributed by atoms with E-state index in [1.165, 1.54) is 24.3 Å². The maximum Gasteiger partial charge on any atom is 0.397 e. The number of aromatic hydroxyl groups is 3. The molecule has 7 N–H and O–H groups in total. The largest absolute Gasteiger partial charge is 0.508 e. The quantitative estimate of drug-likeness (QED) is 0.201. The monoisotopic (exact) mass is 528 g/mol. The molecule has 2 aromatic carbocycles. The van der Waals surface area contributed by atoms with E-state index in [1.54, 1.807) is 0 Å². The molecule has 0 saturated carbocycles. The van der Waals surface area contributed by atoms with Gasteiger partial charge in [-0.15, -0.1) is 0 Å². The third-order valence-electron chi connectivity index (χ3n) is 5.34. The smallest absolute Gasteiger partial charge is 0.397 e. The summed E-state index contributed by atoms with van der Waals surface area (Å²) >= 11 is 0. The molecule has 0 aliphatic carbocycles. The highest BCUT2D eigenvalue weighted by molar-refractivity contribution is 7.80. The average Bonchev–Trinajstić information content (AvgIpc) is 2.79. The topological polar surface area (TPSA) is 234 Å². The van der Waals surface area contributed by atoms with Gasteiger partial charge in [0.25, 0.3) is 0 Å². The Labute approximate surface area is 201 Å². The van der Waals surface area contributed by atoms with E-state index in [4.69, 9.17) is 18.4 Å². The van der Waals surface area contributed by atoms with Gasteiger partial charge in [0.2, 0.25) is 17.5 Å². The van der Waals surface area contributed by atoms with E-state index in [9.17, 15) is 43.9 Å². The first-order valence-electron chi connectivity index (χ1n) is 10.2. The molecule has 0 bridgehead atoms. The molecule has 4 rings (SSSR count). The van der Waals surface area contributed by atoms with E-state index in [-0.39, 0.29) is 22.7 Å². The van der Waals surface area contributed by atoms with E-state index in [0.717, 1.165) is 12.1 Å². The molecule has 2 heterocycles. The zero-order valence-corrected chi connectivity index (χ0v) is 18.8. The molecule has 1 saturated heterocycles. The molecule has 5 atom stereocenters. The maximum atomic E-state index is 13.3. The van der Waals surface area contributed by atoms with Crippen LogP contribution in [0.1, 0.15) is 0 Å². The zero-order chi connectivity index (χ0) is 26.4.